The van der Waals surface area contributed by atoms with Crippen molar-refractivity contribution in [1.82, 2.24) is 5.32 Å². The third kappa shape index (κ3) is 4.54. The maximum Gasteiger partial charge on any atom is 0.123 e. The Labute approximate surface area is 120 Å². The highest BCUT2D eigenvalue weighted by Crippen LogP contribution is 2.35. The molecule has 20 heavy (non-hydrogen) atoms. The summed E-state index contributed by atoms with van der Waals surface area (Å²) in [4.78, 5) is 0. The Morgan fingerprint density at radius 3 is 2.55 bits per heavy atom. The number of hydrogen-bond acceptors (Lipinski definition) is 3. The van der Waals surface area contributed by atoms with Crippen LogP contribution in [0.4, 0.5) is 4.39 Å². The molecular formula is C16H24FNO2. The van der Waals surface area contributed by atoms with Gasteiger partial charge in [0.15, 0.2) is 0 Å². The second kappa shape index (κ2) is 8.35. The molecule has 0 bridgehead atoms. The second-order valence-electron chi connectivity index (χ2n) is 5.36. The molecule has 1 aliphatic carbocycles. The molecule has 0 aliphatic heterocycles. The van der Waals surface area contributed by atoms with E-state index in [0.717, 1.165) is 12.1 Å². The molecule has 1 aliphatic rings. The van der Waals surface area contributed by atoms with Crippen LogP contribution >= 0.6 is 0 Å². The molecule has 0 spiro atoms. The van der Waals surface area contributed by atoms with E-state index in [1.165, 1.54) is 37.8 Å². The predicted octanol–water partition coefficient (Wildman–Crippen LogP) is 2.66. The minimum atomic E-state index is -0.190. The van der Waals surface area contributed by atoms with Gasteiger partial charge in [0.25, 0.3) is 0 Å². The number of ether oxygens (including phenoxy) is 1. The van der Waals surface area contributed by atoms with E-state index in [9.17, 15) is 4.39 Å². The summed E-state index contributed by atoms with van der Waals surface area (Å²) in [5, 5.41) is 12.2. The summed E-state index contributed by atoms with van der Waals surface area (Å²) in [5.41, 5.74) is 1.15. The molecule has 1 aromatic carbocycles. The molecule has 0 radical (unpaired) electrons. The van der Waals surface area contributed by atoms with Gasteiger partial charge in [0, 0.05) is 12.6 Å². The van der Waals surface area contributed by atoms with E-state index in [-0.39, 0.29) is 18.5 Å². The maximum absolute atomic E-state index is 13.1. The zero-order valence-electron chi connectivity index (χ0n) is 11.9. The molecule has 112 valence electrons. The molecule has 0 amide bonds. The fourth-order valence-electron chi connectivity index (χ4n) is 2.97. The monoisotopic (exact) mass is 281 g/mol. The van der Waals surface area contributed by atoms with Crippen molar-refractivity contribution in [3.63, 3.8) is 0 Å². The molecule has 1 aromatic rings. The second-order valence-corrected chi connectivity index (χ2v) is 5.36. The van der Waals surface area contributed by atoms with Crippen LogP contribution in [0, 0.1) is 11.7 Å². The molecule has 2 rings (SSSR count). The van der Waals surface area contributed by atoms with Crippen LogP contribution < -0.4 is 5.32 Å². The Hall–Kier alpha value is -0.970. The van der Waals surface area contributed by atoms with E-state index < -0.39 is 0 Å². The van der Waals surface area contributed by atoms with Crippen LogP contribution in [0.15, 0.2) is 24.3 Å². The Kier molecular flexibility index (Phi) is 6.43. The summed E-state index contributed by atoms with van der Waals surface area (Å²) in [7, 11) is 0. The van der Waals surface area contributed by atoms with Crippen molar-refractivity contribution in [3.05, 3.63) is 35.6 Å². The molecule has 1 atom stereocenters. The van der Waals surface area contributed by atoms with Crippen molar-refractivity contribution in [2.24, 2.45) is 5.92 Å². The van der Waals surface area contributed by atoms with E-state index in [4.69, 9.17) is 9.84 Å². The average Bonchev–Trinajstić information content (AvgIpc) is 2.98. The first kappa shape index (κ1) is 15.4. The van der Waals surface area contributed by atoms with Crippen LogP contribution in [-0.4, -0.2) is 31.5 Å². The van der Waals surface area contributed by atoms with E-state index in [0.29, 0.717) is 19.1 Å². The Balaban J connectivity index is 1.92. The van der Waals surface area contributed by atoms with Crippen LogP contribution in [0.1, 0.15) is 37.3 Å². The van der Waals surface area contributed by atoms with Gasteiger partial charge in [-0.25, -0.2) is 4.39 Å². The van der Waals surface area contributed by atoms with Gasteiger partial charge < -0.3 is 15.2 Å². The summed E-state index contributed by atoms with van der Waals surface area (Å²) < 4.78 is 18.3. The molecule has 1 unspecified atom stereocenters. The highest BCUT2D eigenvalue weighted by Gasteiger charge is 2.25. The summed E-state index contributed by atoms with van der Waals surface area (Å²) >= 11 is 0. The number of hydrogen-bond donors (Lipinski definition) is 2. The lowest BCUT2D eigenvalue weighted by molar-refractivity contribution is 0.0913. The summed E-state index contributed by atoms with van der Waals surface area (Å²) in [5.74, 6) is 0.434. The molecule has 0 aromatic heterocycles. The Morgan fingerprint density at radius 2 is 1.90 bits per heavy atom. The molecule has 1 saturated carbocycles. The minimum absolute atomic E-state index is 0.0595. The van der Waals surface area contributed by atoms with Gasteiger partial charge in [-0.3, -0.25) is 0 Å². The third-order valence-electron chi connectivity index (χ3n) is 3.95. The van der Waals surface area contributed by atoms with Crippen molar-refractivity contribution < 1.29 is 14.2 Å². The van der Waals surface area contributed by atoms with E-state index >= 15 is 0 Å². The third-order valence-corrected chi connectivity index (χ3v) is 3.95. The van der Waals surface area contributed by atoms with Crippen molar-refractivity contribution >= 4 is 0 Å². The van der Waals surface area contributed by atoms with Gasteiger partial charge >= 0.3 is 0 Å². The predicted molar refractivity (Wildman–Crippen MR) is 77.0 cm³/mol. The zero-order chi connectivity index (χ0) is 14.2. The number of aliphatic hydroxyl groups is 1. The number of nitrogens with one attached hydrogen (secondary N) is 1. The highest BCUT2D eigenvalue weighted by molar-refractivity contribution is 5.21. The molecule has 2 N–H and O–H groups in total. The van der Waals surface area contributed by atoms with E-state index in [1.54, 1.807) is 0 Å². The van der Waals surface area contributed by atoms with Crippen molar-refractivity contribution in [3.8, 4) is 0 Å². The topological polar surface area (TPSA) is 41.5 Å². The van der Waals surface area contributed by atoms with E-state index in [2.05, 4.69) is 5.32 Å². The number of halogens is 1. The smallest absolute Gasteiger partial charge is 0.123 e. The number of benzene rings is 1. The van der Waals surface area contributed by atoms with E-state index in [1.807, 2.05) is 12.1 Å². The summed E-state index contributed by atoms with van der Waals surface area (Å²) in [6, 6.07) is 7.08. The highest BCUT2D eigenvalue weighted by atomic mass is 19.1. The fourth-order valence-corrected chi connectivity index (χ4v) is 2.97. The van der Waals surface area contributed by atoms with Crippen molar-refractivity contribution in [2.45, 2.75) is 31.7 Å². The fraction of sp³-hybridized carbons (Fsp3) is 0.625. The first-order valence-corrected chi connectivity index (χ1v) is 7.48. The first-order chi connectivity index (χ1) is 9.81. The SMILES string of the molecule is OCCOCCNC(c1ccc(F)cc1)C1CCCC1. The van der Waals surface area contributed by atoms with Crippen LogP contribution in [0.3, 0.4) is 0 Å². The van der Waals surface area contributed by atoms with Crippen molar-refractivity contribution in [1.29, 1.82) is 0 Å². The number of rotatable bonds is 8. The van der Waals surface area contributed by atoms with Gasteiger partial charge in [0.1, 0.15) is 5.82 Å². The molecule has 4 heteroatoms. The molecule has 1 fully saturated rings. The summed E-state index contributed by atoms with van der Waals surface area (Å²) in [6.45, 7) is 1.78. The molecule has 0 saturated heterocycles. The normalized spacial score (nSPS) is 17.5. The molecule has 0 heterocycles. The molecular weight excluding hydrogens is 257 g/mol. The van der Waals surface area contributed by atoms with Crippen molar-refractivity contribution in [2.75, 3.05) is 26.4 Å². The zero-order valence-corrected chi connectivity index (χ0v) is 11.9. The van der Waals surface area contributed by atoms with Gasteiger partial charge in [0.2, 0.25) is 0 Å². The lowest BCUT2D eigenvalue weighted by Gasteiger charge is -2.25. The summed E-state index contributed by atoms with van der Waals surface area (Å²) in [6.07, 6.45) is 5.02. The lowest BCUT2D eigenvalue weighted by Crippen LogP contribution is -2.30. The minimum Gasteiger partial charge on any atom is -0.394 e. The van der Waals surface area contributed by atoms with Gasteiger partial charge in [-0.15, -0.1) is 0 Å². The van der Waals surface area contributed by atoms with Crippen LogP contribution in [-0.2, 0) is 4.74 Å². The van der Waals surface area contributed by atoms with Gasteiger partial charge in [-0.2, -0.15) is 0 Å². The van der Waals surface area contributed by atoms with Gasteiger partial charge in [-0.05, 0) is 36.5 Å². The molecule has 3 nitrogen and oxygen atoms in total. The van der Waals surface area contributed by atoms with Crippen LogP contribution in [0.5, 0.6) is 0 Å². The lowest BCUT2D eigenvalue weighted by atomic mass is 9.91. The van der Waals surface area contributed by atoms with Crippen LogP contribution in [0.25, 0.3) is 0 Å². The first-order valence-electron chi connectivity index (χ1n) is 7.48. The quantitative estimate of drug-likeness (QED) is 0.720. The van der Waals surface area contributed by atoms with Gasteiger partial charge in [0.05, 0.1) is 19.8 Å². The number of aliphatic hydroxyl groups excluding tert-OH is 1. The maximum atomic E-state index is 13.1. The van der Waals surface area contributed by atoms with Crippen LogP contribution in [0.2, 0.25) is 0 Å². The average molecular weight is 281 g/mol. The Morgan fingerprint density at radius 1 is 1.20 bits per heavy atom. The standard InChI is InChI=1S/C16H24FNO2/c17-15-7-5-14(6-8-15)16(13-3-1-2-4-13)18-9-11-20-12-10-19/h5-8,13,16,18-19H,1-4,9-12H2. The largest absolute Gasteiger partial charge is 0.394 e. The van der Waals surface area contributed by atoms with Gasteiger partial charge in [-0.1, -0.05) is 25.0 Å². The Bertz CT molecular complexity index is 377.